The van der Waals surface area contributed by atoms with E-state index in [0.29, 0.717) is 6.61 Å². The lowest BCUT2D eigenvalue weighted by Gasteiger charge is -2.45. The van der Waals surface area contributed by atoms with Gasteiger partial charge in [-0.05, 0) is 31.4 Å². The third-order valence-corrected chi connectivity index (χ3v) is 3.37. The number of carbonyl (C=O) groups excluding carboxylic acids is 2. The van der Waals surface area contributed by atoms with Gasteiger partial charge in [-0.15, -0.1) is 0 Å². The number of ether oxygens (including phenoxy) is 1. The Morgan fingerprint density at radius 1 is 1.44 bits per heavy atom. The average Bonchev–Trinajstić information content (AvgIpc) is 2.29. The van der Waals surface area contributed by atoms with E-state index in [1.165, 1.54) is 4.90 Å². The van der Waals surface area contributed by atoms with Crippen molar-refractivity contribution < 1.29 is 14.3 Å². The van der Waals surface area contributed by atoms with Crippen molar-refractivity contribution in [3.05, 3.63) is 12.2 Å². The number of rotatable bonds is 2. The maximum atomic E-state index is 11.8. The Morgan fingerprint density at radius 3 is 2.69 bits per heavy atom. The van der Waals surface area contributed by atoms with Crippen molar-refractivity contribution in [3.8, 4) is 0 Å². The number of esters is 1. The molecule has 0 N–H and O–H groups in total. The molecule has 1 aliphatic carbocycles. The Kier molecular flexibility index (Phi) is 3.19. The molecule has 5 heteroatoms. The van der Waals surface area contributed by atoms with Crippen LogP contribution < -0.4 is 0 Å². The van der Waals surface area contributed by atoms with Crippen LogP contribution in [0, 0.1) is 5.92 Å². The zero-order valence-electron chi connectivity index (χ0n) is 9.06. The van der Waals surface area contributed by atoms with E-state index < -0.39 is 11.4 Å². The summed E-state index contributed by atoms with van der Waals surface area (Å²) in [5.41, 5.74) is 0. The predicted octanol–water partition coefficient (Wildman–Crippen LogP) is 1.93. The van der Waals surface area contributed by atoms with E-state index in [0.717, 1.165) is 12.8 Å². The smallest absolute Gasteiger partial charge is 0.329 e. The van der Waals surface area contributed by atoms with Crippen LogP contribution in [0.1, 0.15) is 19.8 Å². The molecule has 0 aromatic heterocycles. The molecule has 1 saturated heterocycles. The Labute approximate surface area is 99.2 Å². The van der Waals surface area contributed by atoms with Gasteiger partial charge in [0.1, 0.15) is 6.04 Å². The summed E-state index contributed by atoms with van der Waals surface area (Å²) in [4.78, 5) is 24.6. The summed E-state index contributed by atoms with van der Waals surface area (Å²) in [6, 6.07) is -0.585. The van der Waals surface area contributed by atoms with Gasteiger partial charge < -0.3 is 9.64 Å². The number of hydrogen-bond donors (Lipinski definition) is 0. The lowest BCUT2D eigenvalue weighted by Crippen LogP contribution is -2.57. The van der Waals surface area contributed by atoms with Gasteiger partial charge in [-0.1, -0.05) is 12.2 Å². The largest absolute Gasteiger partial charge is 0.464 e. The maximum absolute atomic E-state index is 11.8. The van der Waals surface area contributed by atoms with Crippen molar-refractivity contribution in [2.45, 2.75) is 31.8 Å². The van der Waals surface area contributed by atoms with Crippen LogP contribution in [0.4, 0.5) is 4.79 Å². The topological polar surface area (TPSA) is 46.6 Å². The first kappa shape index (κ1) is 11.5. The molecule has 0 radical (unpaired) electrons. The molecule has 16 heavy (non-hydrogen) atoms. The lowest BCUT2D eigenvalue weighted by atomic mass is 9.80. The summed E-state index contributed by atoms with van der Waals surface area (Å²) in [5, 5.41) is -0.572. The molecule has 88 valence electrons. The fraction of sp³-hybridized carbons (Fsp3) is 0.636. The standard InChI is InChI=1S/C11H14ClNO3/c1-2-16-10(14)9-7-3-5-8(6-4-7)13(9)11(12)15/h3,5,7-9H,2,4,6H2,1H3. The number of hydrogen-bond acceptors (Lipinski definition) is 3. The van der Waals surface area contributed by atoms with Crippen LogP contribution in [0.3, 0.4) is 0 Å². The van der Waals surface area contributed by atoms with Gasteiger partial charge in [0.05, 0.1) is 12.6 Å². The fourth-order valence-corrected chi connectivity index (χ4v) is 2.72. The molecule has 2 bridgehead atoms. The first-order valence-corrected chi connectivity index (χ1v) is 5.85. The molecule has 0 saturated carbocycles. The Morgan fingerprint density at radius 2 is 2.19 bits per heavy atom. The fourth-order valence-electron chi connectivity index (χ4n) is 2.49. The molecule has 4 nitrogen and oxygen atoms in total. The van der Waals surface area contributed by atoms with Gasteiger partial charge in [0, 0.05) is 5.92 Å². The second-order valence-corrected chi connectivity index (χ2v) is 4.37. The van der Waals surface area contributed by atoms with Crippen molar-refractivity contribution in [1.82, 2.24) is 4.90 Å². The van der Waals surface area contributed by atoms with E-state index in [1.54, 1.807) is 6.92 Å². The van der Waals surface area contributed by atoms with Gasteiger partial charge in [-0.2, -0.15) is 0 Å². The third kappa shape index (κ3) is 1.82. The molecule has 3 aliphatic rings. The lowest BCUT2D eigenvalue weighted by molar-refractivity contribution is -0.152. The van der Waals surface area contributed by atoms with E-state index in [2.05, 4.69) is 0 Å². The van der Waals surface area contributed by atoms with Crippen molar-refractivity contribution >= 4 is 22.9 Å². The normalized spacial score (nSPS) is 31.6. The van der Waals surface area contributed by atoms with Gasteiger partial charge in [0.15, 0.2) is 0 Å². The quantitative estimate of drug-likeness (QED) is 0.322. The Bertz CT molecular complexity index is 342. The summed E-state index contributed by atoms with van der Waals surface area (Å²) < 4.78 is 4.99. The van der Waals surface area contributed by atoms with Crippen LogP contribution in [0.2, 0.25) is 0 Å². The molecule has 0 aromatic rings. The molecule has 3 rings (SSSR count). The summed E-state index contributed by atoms with van der Waals surface area (Å²) in [7, 11) is 0. The maximum Gasteiger partial charge on any atom is 0.329 e. The summed E-state index contributed by atoms with van der Waals surface area (Å²) in [5.74, 6) is -0.303. The minimum absolute atomic E-state index is 0.0479. The van der Waals surface area contributed by atoms with Crippen LogP contribution in [0.15, 0.2) is 12.2 Å². The monoisotopic (exact) mass is 243 g/mol. The van der Waals surface area contributed by atoms with Gasteiger partial charge >= 0.3 is 11.3 Å². The van der Waals surface area contributed by atoms with Gasteiger partial charge in [0.25, 0.3) is 0 Å². The van der Waals surface area contributed by atoms with Crippen molar-refractivity contribution in [2.24, 2.45) is 5.92 Å². The SMILES string of the molecule is CCOC(=O)C1C2C=CC(CC2)N1C(=O)Cl. The number of carbonyl (C=O) groups is 2. The van der Waals surface area contributed by atoms with Crippen LogP contribution in [0.25, 0.3) is 0 Å². The summed E-state index contributed by atoms with van der Waals surface area (Å²) >= 11 is 5.53. The third-order valence-electron chi connectivity index (χ3n) is 3.17. The van der Waals surface area contributed by atoms with Crippen molar-refractivity contribution in [3.63, 3.8) is 0 Å². The molecule has 3 atom stereocenters. The number of fused-ring (bicyclic) bond motifs is 2. The average molecular weight is 244 g/mol. The van der Waals surface area contributed by atoms with Crippen LogP contribution in [-0.4, -0.2) is 34.9 Å². The molecule has 1 amide bonds. The second-order valence-electron chi connectivity index (χ2n) is 4.05. The molecule has 0 spiro atoms. The first-order valence-electron chi connectivity index (χ1n) is 5.48. The molecule has 2 heterocycles. The molecule has 2 aliphatic heterocycles. The molecular formula is C11H14ClNO3. The summed E-state index contributed by atoms with van der Waals surface area (Å²) in [6.07, 6.45) is 5.72. The van der Waals surface area contributed by atoms with Gasteiger partial charge in [0.2, 0.25) is 0 Å². The predicted molar refractivity (Wildman–Crippen MR) is 59.2 cm³/mol. The molecule has 3 unspecified atom stereocenters. The zero-order chi connectivity index (χ0) is 11.7. The van der Waals surface area contributed by atoms with Crippen LogP contribution in [0.5, 0.6) is 0 Å². The number of halogens is 1. The highest BCUT2D eigenvalue weighted by Gasteiger charge is 2.45. The number of piperidine rings is 1. The van der Waals surface area contributed by atoms with Gasteiger partial charge in [-0.3, -0.25) is 4.79 Å². The zero-order valence-corrected chi connectivity index (χ0v) is 9.81. The van der Waals surface area contributed by atoms with Crippen molar-refractivity contribution in [1.29, 1.82) is 0 Å². The van der Waals surface area contributed by atoms with E-state index in [4.69, 9.17) is 16.3 Å². The number of nitrogens with zero attached hydrogens (tertiary/aromatic N) is 1. The van der Waals surface area contributed by atoms with E-state index >= 15 is 0 Å². The number of amides is 1. The first-order chi connectivity index (χ1) is 7.65. The highest BCUT2D eigenvalue weighted by Crippen LogP contribution is 2.36. The van der Waals surface area contributed by atoms with E-state index in [-0.39, 0.29) is 17.9 Å². The molecule has 1 fully saturated rings. The second kappa shape index (κ2) is 4.45. The van der Waals surface area contributed by atoms with Crippen LogP contribution >= 0.6 is 11.6 Å². The highest BCUT2D eigenvalue weighted by molar-refractivity contribution is 6.63. The minimum atomic E-state index is -0.572. The summed E-state index contributed by atoms with van der Waals surface area (Å²) in [6.45, 7) is 2.07. The van der Waals surface area contributed by atoms with E-state index in [1.807, 2.05) is 12.2 Å². The Hall–Kier alpha value is -1.03. The highest BCUT2D eigenvalue weighted by atomic mass is 35.5. The Balaban J connectivity index is 2.24. The van der Waals surface area contributed by atoms with E-state index in [9.17, 15) is 9.59 Å². The van der Waals surface area contributed by atoms with Crippen LogP contribution in [-0.2, 0) is 9.53 Å². The molecule has 0 aromatic carbocycles. The minimum Gasteiger partial charge on any atom is -0.464 e. The van der Waals surface area contributed by atoms with Gasteiger partial charge in [-0.25, -0.2) is 4.79 Å². The van der Waals surface area contributed by atoms with Crippen molar-refractivity contribution in [2.75, 3.05) is 6.61 Å². The molecular weight excluding hydrogens is 230 g/mol.